The Labute approximate surface area is 153 Å². The lowest BCUT2D eigenvalue weighted by atomic mass is 10.0. The van der Waals surface area contributed by atoms with Gasteiger partial charge >= 0.3 is 0 Å². The maximum atomic E-state index is 13.4. The molecule has 2 fully saturated rings. The molecule has 0 spiro atoms. The van der Waals surface area contributed by atoms with Crippen molar-refractivity contribution in [2.75, 3.05) is 54.5 Å². The molecule has 0 aromatic carbocycles. The molecule has 0 aliphatic carbocycles. The molecular weight excluding hydrogens is 333 g/mol. The van der Waals surface area contributed by atoms with Gasteiger partial charge in [0, 0.05) is 68.1 Å². The second-order valence-corrected chi connectivity index (χ2v) is 6.76. The van der Waals surface area contributed by atoms with Gasteiger partial charge in [0.25, 0.3) is 0 Å². The predicted molar refractivity (Wildman–Crippen MR) is 100 cm³/mol. The van der Waals surface area contributed by atoms with Crippen molar-refractivity contribution in [1.29, 1.82) is 0 Å². The van der Waals surface area contributed by atoms with Crippen LogP contribution in [0.3, 0.4) is 0 Å². The van der Waals surface area contributed by atoms with Gasteiger partial charge in [-0.05, 0) is 25.0 Å². The van der Waals surface area contributed by atoms with Gasteiger partial charge in [-0.3, -0.25) is 0 Å². The Bertz CT molecular complexity index is 737. The molecule has 0 radical (unpaired) electrons. The van der Waals surface area contributed by atoms with Crippen LogP contribution in [-0.2, 0) is 4.74 Å². The highest BCUT2D eigenvalue weighted by Crippen LogP contribution is 2.23. The number of morpholine rings is 1. The molecule has 0 amide bonds. The maximum Gasteiger partial charge on any atom is 0.214 e. The summed E-state index contributed by atoms with van der Waals surface area (Å²) in [6.07, 6.45) is 5.51. The minimum atomic E-state index is -0.433. The van der Waals surface area contributed by atoms with E-state index >= 15 is 0 Å². The fraction of sp³-hybridized carbons (Fsp3) is 0.474. The third-order valence-corrected chi connectivity index (χ3v) is 4.97. The van der Waals surface area contributed by atoms with Crippen LogP contribution < -0.4 is 15.1 Å². The van der Waals surface area contributed by atoms with Gasteiger partial charge in [-0.25, -0.2) is 9.97 Å². The Morgan fingerprint density at radius 3 is 2.58 bits per heavy atom. The lowest BCUT2D eigenvalue weighted by molar-refractivity contribution is 0.122. The average molecular weight is 357 g/mol. The smallest absolute Gasteiger partial charge is 0.214 e. The molecule has 138 valence electrons. The largest absolute Gasteiger partial charge is 0.378 e. The Kier molecular flexibility index (Phi) is 5.15. The van der Waals surface area contributed by atoms with E-state index in [2.05, 4.69) is 31.2 Å². The van der Waals surface area contributed by atoms with Gasteiger partial charge in [0.2, 0.25) is 5.95 Å². The molecule has 2 aliphatic rings. The van der Waals surface area contributed by atoms with Gasteiger partial charge in [-0.15, -0.1) is 0 Å². The average Bonchev–Trinajstić information content (AvgIpc) is 2.69. The number of anilines is 3. The molecule has 1 unspecified atom stereocenters. The summed E-state index contributed by atoms with van der Waals surface area (Å²) in [5.74, 6) is 0.458. The van der Waals surface area contributed by atoms with E-state index in [-0.39, 0.29) is 6.04 Å². The molecule has 2 saturated heterocycles. The van der Waals surface area contributed by atoms with Gasteiger partial charge in [0.1, 0.15) is 5.82 Å². The molecule has 1 N–H and O–H groups in total. The van der Waals surface area contributed by atoms with Crippen LogP contribution in [0.4, 0.5) is 21.6 Å². The van der Waals surface area contributed by atoms with E-state index in [1.165, 1.54) is 18.0 Å². The van der Waals surface area contributed by atoms with E-state index in [4.69, 9.17) is 4.74 Å². The number of rotatable bonds is 4. The van der Waals surface area contributed by atoms with Crippen LogP contribution >= 0.6 is 0 Å². The Morgan fingerprint density at radius 2 is 1.77 bits per heavy atom. The van der Waals surface area contributed by atoms with Crippen LogP contribution in [0, 0.1) is 5.95 Å². The first-order chi connectivity index (χ1) is 12.8. The van der Waals surface area contributed by atoms with E-state index in [0.29, 0.717) is 0 Å². The zero-order valence-electron chi connectivity index (χ0n) is 14.8. The molecule has 0 bridgehead atoms. The topological polar surface area (TPSA) is 53.5 Å². The first-order valence-corrected chi connectivity index (χ1v) is 9.20. The van der Waals surface area contributed by atoms with E-state index in [1.807, 2.05) is 18.3 Å². The van der Waals surface area contributed by atoms with Crippen molar-refractivity contribution >= 4 is 17.2 Å². The van der Waals surface area contributed by atoms with Crippen molar-refractivity contribution in [1.82, 2.24) is 9.97 Å². The summed E-state index contributed by atoms with van der Waals surface area (Å²) < 4.78 is 18.8. The molecule has 1 atom stereocenters. The minimum Gasteiger partial charge on any atom is -0.378 e. The summed E-state index contributed by atoms with van der Waals surface area (Å²) in [5.41, 5.74) is 2.06. The zero-order chi connectivity index (χ0) is 17.8. The Morgan fingerprint density at radius 1 is 1.00 bits per heavy atom. The van der Waals surface area contributed by atoms with E-state index in [9.17, 15) is 4.39 Å². The quantitative estimate of drug-likeness (QED) is 0.849. The van der Waals surface area contributed by atoms with Crippen molar-refractivity contribution in [2.45, 2.75) is 18.9 Å². The molecule has 2 aliphatic heterocycles. The van der Waals surface area contributed by atoms with Crippen LogP contribution in [0.15, 0.2) is 36.7 Å². The highest BCUT2D eigenvalue weighted by Gasteiger charge is 2.21. The van der Waals surface area contributed by atoms with Crippen LogP contribution in [0.1, 0.15) is 12.8 Å². The summed E-state index contributed by atoms with van der Waals surface area (Å²) >= 11 is 0. The zero-order valence-corrected chi connectivity index (χ0v) is 14.8. The number of nitrogens with zero attached hydrogens (tertiary/aromatic N) is 4. The lowest BCUT2D eigenvalue weighted by Crippen LogP contribution is -2.42. The predicted octanol–water partition coefficient (Wildman–Crippen LogP) is 2.53. The summed E-state index contributed by atoms with van der Waals surface area (Å²) in [4.78, 5) is 12.7. The Hall–Kier alpha value is -2.41. The minimum absolute atomic E-state index is 0.285. The maximum absolute atomic E-state index is 13.4. The first kappa shape index (κ1) is 17.0. The number of ether oxygens (including phenoxy) is 1. The number of hydrogen-bond donors (Lipinski definition) is 1. The molecule has 26 heavy (non-hydrogen) atoms. The summed E-state index contributed by atoms with van der Waals surface area (Å²) in [6.45, 7) is 5.12. The summed E-state index contributed by atoms with van der Waals surface area (Å²) in [6, 6.07) is 7.80. The van der Waals surface area contributed by atoms with E-state index in [1.54, 1.807) is 0 Å². The van der Waals surface area contributed by atoms with Crippen molar-refractivity contribution in [3.63, 3.8) is 0 Å². The second-order valence-electron chi connectivity index (χ2n) is 6.76. The van der Waals surface area contributed by atoms with Gasteiger partial charge in [0.15, 0.2) is 0 Å². The number of halogens is 1. The van der Waals surface area contributed by atoms with Crippen molar-refractivity contribution < 1.29 is 9.13 Å². The second kappa shape index (κ2) is 7.86. The molecule has 4 heterocycles. The van der Waals surface area contributed by atoms with Gasteiger partial charge in [-0.2, -0.15) is 4.39 Å². The van der Waals surface area contributed by atoms with Crippen molar-refractivity contribution in [2.24, 2.45) is 0 Å². The standard InChI is InChI=1S/C19H24FN5O/c20-18-12-16(3-5-21-18)25-7-1-2-15(14-25)23-19-13-17(4-6-22-19)24-8-10-26-11-9-24/h3-6,12-13,15H,1-2,7-11,14H2,(H,22,23). The number of pyridine rings is 2. The highest BCUT2D eigenvalue weighted by molar-refractivity contribution is 5.55. The van der Waals surface area contributed by atoms with Crippen LogP contribution in [-0.4, -0.2) is 55.4 Å². The van der Waals surface area contributed by atoms with Crippen molar-refractivity contribution in [3.05, 3.63) is 42.6 Å². The number of aromatic nitrogens is 2. The third kappa shape index (κ3) is 4.04. The fourth-order valence-corrected chi connectivity index (χ4v) is 3.64. The van der Waals surface area contributed by atoms with Crippen LogP contribution in [0.2, 0.25) is 0 Å². The number of piperidine rings is 1. The highest BCUT2D eigenvalue weighted by atomic mass is 19.1. The Balaban J connectivity index is 1.42. The van der Waals surface area contributed by atoms with Crippen LogP contribution in [0.5, 0.6) is 0 Å². The van der Waals surface area contributed by atoms with Gasteiger partial charge in [0.05, 0.1) is 13.2 Å². The van der Waals surface area contributed by atoms with Gasteiger partial charge in [-0.1, -0.05) is 0 Å². The third-order valence-electron chi connectivity index (χ3n) is 4.97. The molecule has 7 heteroatoms. The molecule has 2 aromatic heterocycles. The first-order valence-electron chi connectivity index (χ1n) is 9.20. The summed E-state index contributed by atoms with van der Waals surface area (Å²) in [5, 5.41) is 3.55. The van der Waals surface area contributed by atoms with Gasteiger partial charge < -0.3 is 19.9 Å². The SMILES string of the molecule is Fc1cc(N2CCCC(Nc3cc(N4CCOCC4)ccn3)C2)ccn1. The molecule has 2 aromatic rings. The normalized spacial score (nSPS) is 20.9. The summed E-state index contributed by atoms with van der Waals surface area (Å²) in [7, 11) is 0. The number of nitrogens with one attached hydrogen (secondary N) is 1. The fourth-order valence-electron chi connectivity index (χ4n) is 3.64. The van der Waals surface area contributed by atoms with E-state index < -0.39 is 5.95 Å². The number of hydrogen-bond acceptors (Lipinski definition) is 6. The monoisotopic (exact) mass is 357 g/mol. The van der Waals surface area contributed by atoms with Crippen LogP contribution in [0.25, 0.3) is 0 Å². The molecule has 6 nitrogen and oxygen atoms in total. The lowest BCUT2D eigenvalue weighted by Gasteiger charge is -2.35. The molecule has 0 saturated carbocycles. The van der Waals surface area contributed by atoms with Crippen molar-refractivity contribution in [3.8, 4) is 0 Å². The molecule has 4 rings (SSSR count). The van der Waals surface area contributed by atoms with E-state index in [0.717, 1.165) is 63.7 Å². The molecular formula is C19H24FN5O.